The number of hydrogen-bond donors (Lipinski definition) is 1. The van der Waals surface area contributed by atoms with Crippen LogP contribution in [0, 0.1) is 5.92 Å². The van der Waals surface area contributed by atoms with Crippen LogP contribution in [-0.2, 0) is 0 Å². The summed E-state index contributed by atoms with van der Waals surface area (Å²) in [4.78, 5) is 4.40. The molecule has 1 heterocycles. The fourth-order valence-corrected chi connectivity index (χ4v) is 2.60. The van der Waals surface area contributed by atoms with Crippen molar-refractivity contribution in [1.29, 1.82) is 0 Å². The molecule has 2 rings (SSSR count). The van der Waals surface area contributed by atoms with Gasteiger partial charge in [0.15, 0.2) is 5.13 Å². The molecule has 0 aliphatic rings. The van der Waals surface area contributed by atoms with Crippen molar-refractivity contribution in [1.82, 2.24) is 4.98 Å². The van der Waals surface area contributed by atoms with E-state index in [9.17, 15) is 0 Å². The van der Waals surface area contributed by atoms with Gasteiger partial charge in [-0.2, -0.15) is 0 Å². The molecule has 0 saturated heterocycles. The summed E-state index contributed by atoms with van der Waals surface area (Å²) in [7, 11) is 0. The first-order chi connectivity index (χ1) is 7.68. The van der Waals surface area contributed by atoms with E-state index in [1.807, 2.05) is 6.07 Å². The van der Waals surface area contributed by atoms with Gasteiger partial charge in [-0.05, 0) is 11.5 Å². The second-order valence-electron chi connectivity index (χ2n) is 4.24. The Bertz CT molecular complexity index is 448. The molecule has 2 aromatic rings. The van der Waals surface area contributed by atoms with E-state index in [1.165, 1.54) is 16.9 Å². The van der Waals surface area contributed by atoms with Crippen LogP contribution in [0.2, 0.25) is 0 Å². The third-order valence-corrected chi connectivity index (χ3v) is 3.38. The van der Waals surface area contributed by atoms with E-state index in [2.05, 4.69) is 48.5 Å². The van der Waals surface area contributed by atoms with Crippen LogP contribution >= 0.6 is 11.3 Å². The summed E-state index contributed by atoms with van der Waals surface area (Å²) < 4.78 is 0. The minimum atomic E-state index is 0.342. The highest BCUT2D eigenvalue weighted by atomic mass is 32.1. The summed E-state index contributed by atoms with van der Waals surface area (Å²) >= 11 is 1.51. The minimum absolute atomic E-state index is 0.342. The molecule has 0 saturated carbocycles. The van der Waals surface area contributed by atoms with Crippen LogP contribution in [0.15, 0.2) is 35.7 Å². The Morgan fingerprint density at radius 1 is 1.19 bits per heavy atom. The molecule has 2 nitrogen and oxygen atoms in total. The molecular formula is C13H16N2S. The Morgan fingerprint density at radius 2 is 1.88 bits per heavy atom. The monoisotopic (exact) mass is 232 g/mol. The fourth-order valence-electron chi connectivity index (χ4n) is 2.00. The van der Waals surface area contributed by atoms with Crippen molar-refractivity contribution in [3.8, 4) is 0 Å². The van der Waals surface area contributed by atoms with E-state index < -0.39 is 0 Å². The number of rotatable bonds is 3. The molecule has 0 fully saturated rings. The van der Waals surface area contributed by atoms with E-state index in [0.717, 1.165) is 5.69 Å². The largest absolute Gasteiger partial charge is 0.375 e. The van der Waals surface area contributed by atoms with Gasteiger partial charge in [-0.15, -0.1) is 11.3 Å². The highest BCUT2D eigenvalue weighted by Gasteiger charge is 2.20. The Kier molecular flexibility index (Phi) is 3.25. The number of benzene rings is 1. The molecule has 0 amide bonds. The molecule has 1 atom stereocenters. The summed E-state index contributed by atoms with van der Waals surface area (Å²) in [6.07, 6.45) is 0. The molecule has 16 heavy (non-hydrogen) atoms. The van der Waals surface area contributed by atoms with Crippen molar-refractivity contribution in [2.75, 3.05) is 5.73 Å². The lowest BCUT2D eigenvalue weighted by molar-refractivity contribution is 0.555. The normalized spacial score (nSPS) is 12.9. The molecule has 0 aliphatic heterocycles. The lowest BCUT2D eigenvalue weighted by Gasteiger charge is -2.19. The maximum absolute atomic E-state index is 5.70. The third-order valence-electron chi connectivity index (χ3n) is 2.68. The summed E-state index contributed by atoms with van der Waals surface area (Å²) in [6.45, 7) is 4.43. The number of nitrogen functional groups attached to an aromatic ring is 1. The van der Waals surface area contributed by atoms with Crippen LogP contribution in [0.1, 0.15) is 31.0 Å². The van der Waals surface area contributed by atoms with Gasteiger partial charge in [-0.3, -0.25) is 0 Å². The maximum atomic E-state index is 5.70. The smallest absolute Gasteiger partial charge is 0.180 e. The van der Waals surface area contributed by atoms with Gasteiger partial charge >= 0.3 is 0 Å². The van der Waals surface area contributed by atoms with Gasteiger partial charge in [0.1, 0.15) is 0 Å². The van der Waals surface area contributed by atoms with Crippen molar-refractivity contribution >= 4 is 16.5 Å². The van der Waals surface area contributed by atoms with Crippen LogP contribution in [0.25, 0.3) is 0 Å². The van der Waals surface area contributed by atoms with Gasteiger partial charge in [0.25, 0.3) is 0 Å². The van der Waals surface area contributed by atoms with Crippen molar-refractivity contribution in [2.45, 2.75) is 19.8 Å². The summed E-state index contributed by atoms with van der Waals surface area (Å²) in [5.74, 6) is 0.860. The van der Waals surface area contributed by atoms with Gasteiger partial charge in [-0.25, -0.2) is 4.98 Å². The Labute approximate surface area is 100 Å². The van der Waals surface area contributed by atoms with E-state index in [-0.39, 0.29) is 0 Å². The zero-order valence-corrected chi connectivity index (χ0v) is 10.4. The number of aromatic nitrogens is 1. The van der Waals surface area contributed by atoms with E-state index in [0.29, 0.717) is 17.0 Å². The number of nitrogens with two attached hydrogens (primary N) is 1. The highest BCUT2D eigenvalue weighted by molar-refractivity contribution is 7.13. The van der Waals surface area contributed by atoms with Gasteiger partial charge in [0.05, 0.1) is 5.69 Å². The first kappa shape index (κ1) is 11.1. The zero-order chi connectivity index (χ0) is 11.5. The molecule has 0 spiro atoms. The predicted octanol–water partition coefficient (Wildman–Crippen LogP) is 3.51. The van der Waals surface area contributed by atoms with Gasteiger partial charge < -0.3 is 5.73 Å². The summed E-state index contributed by atoms with van der Waals surface area (Å²) in [5.41, 5.74) is 8.10. The van der Waals surface area contributed by atoms with Gasteiger partial charge in [0, 0.05) is 11.3 Å². The molecule has 84 valence electrons. The van der Waals surface area contributed by atoms with E-state index in [4.69, 9.17) is 5.73 Å². The topological polar surface area (TPSA) is 38.9 Å². The Morgan fingerprint density at radius 3 is 2.38 bits per heavy atom. The standard InChI is InChI=1S/C13H16N2S/c1-9(2)12(10-6-4-3-5-7-10)11-8-16-13(14)15-11/h3-9,12H,1-2H3,(H2,14,15). The van der Waals surface area contributed by atoms with Gasteiger partial charge in [0.2, 0.25) is 0 Å². The van der Waals surface area contributed by atoms with Crippen LogP contribution < -0.4 is 5.73 Å². The molecule has 1 aromatic carbocycles. The number of thiazole rings is 1. The van der Waals surface area contributed by atoms with Crippen LogP contribution in [0.5, 0.6) is 0 Å². The van der Waals surface area contributed by atoms with Crippen LogP contribution in [0.4, 0.5) is 5.13 Å². The third kappa shape index (κ3) is 2.25. The minimum Gasteiger partial charge on any atom is -0.375 e. The number of hydrogen-bond acceptors (Lipinski definition) is 3. The SMILES string of the molecule is CC(C)C(c1ccccc1)c1csc(N)n1. The molecule has 1 unspecified atom stereocenters. The summed E-state index contributed by atoms with van der Waals surface area (Å²) in [6, 6.07) is 10.5. The Balaban J connectivity index is 2.39. The molecule has 2 N–H and O–H groups in total. The maximum Gasteiger partial charge on any atom is 0.180 e. The van der Waals surface area contributed by atoms with Crippen molar-refractivity contribution in [3.05, 3.63) is 47.0 Å². The lowest BCUT2D eigenvalue weighted by Crippen LogP contribution is -2.09. The molecule has 1 aromatic heterocycles. The average Bonchev–Trinajstić information content (AvgIpc) is 2.66. The number of nitrogens with zero attached hydrogens (tertiary/aromatic N) is 1. The second kappa shape index (κ2) is 4.66. The summed E-state index contributed by atoms with van der Waals surface area (Å²) in [5, 5.41) is 2.71. The fraction of sp³-hybridized carbons (Fsp3) is 0.308. The first-order valence-electron chi connectivity index (χ1n) is 5.44. The average molecular weight is 232 g/mol. The molecule has 0 radical (unpaired) electrons. The molecule has 0 aliphatic carbocycles. The quantitative estimate of drug-likeness (QED) is 0.879. The van der Waals surface area contributed by atoms with Crippen LogP contribution in [-0.4, -0.2) is 4.98 Å². The van der Waals surface area contributed by atoms with Crippen molar-refractivity contribution in [2.24, 2.45) is 5.92 Å². The molecular weight excluding hydrogens is 216 g/mol. The number of anilines is 1. The van der Waals surface area contributed by atoms with E-state index in [1.54, 1.807) is 0 Å². The van der Waals surface area contributed by atoms with Gasteiger partial charge in [-0.1, -0.05) is 44.2 Å². The van der Waals surface area contributed by atoms with Crippen LogP contribution in [0.3, 0.4) is 0 Å². The van der Waals surface area contributed by atoms with E-state index >= 15 is 0 Å². The van der Waals surface area contributed by atoms with Crippen molar-refractivity contribution < 1.29 is 0 Å². The predicted molar refractivity (Wildman–Crippen MR) is 69.6 cm³/mol. The lowest BCUT2D eigenvalue weighted by atomic mass is 9.86. The second-order valence-corrected chi connectivity index (χ2v) is 5.13. The van der Waals surface area contributed by atoms with Crippen molar-refractivity contribution in [3.63, 3.8) is 0 Å². The molecule has 0 bridgehead atoms. The highest BCUT2D eigenvalue weighted by Crippen LogP contribution is 2.32. The first-order valence-corrected chi connectivity index (χ1v) is 6.32. The zero-order valence-electron chi connectivity index (χ0n) is 9.55. The Hall–Kier alpha value is -1.35. The molecule has 3 heteroatoms.